The predicted octanol–water partition coefficient (Wildman–Crippen LogP) is 4.94. The van der Waals surface area contributed by atoms with Crippen molar-refractivity contribution in [3.63, 3.8) is 0 Å². The van der Waals surface area contributed by atoms with Gasteiger partial charge in [0.2, 0.25) is 0 Å². The molecule has 0 bridgehead atoms. The third-order valence-corrected chi connectivity index (χ3v) is 3.30. The van der Waals surface area contributed by atoms with Crippen LogP contribution in [0.4, 0.5) is 23.2 Å². The van der Waals surface area contributed by atoms with Crippen LogP contribution < -0.4 is 10.1 Å². The Balaban J connectivity index is 2.05. The van der Waals surface area contributed by atoms with Crippen molar-refractivity contribution in [2.45, 2.75) is 13.2 Å². The van der Waals surface area contributed by atoms with Gasteiger partial charge >= 0.3 is 6.61 Å². The number of halogens is 5. The Bertz CT molecular complexity index is 619. The average Bonchev–Trinajstić information content (AvgIpc) is 2.44. The minimum absolute atomic E-state index is 0.00960. The van der Waals surface area contributed by atoms with E-state index < -0.39 is 18.2 Å². The maximum absolute atomic E-state index is 13.7. The smallest absolute Gasteiger partial charge is 0.387 e. The topological polar surface area (TPSA) is 21.3 Å². The molecule has 2 aromatic carbocycles. The summed E-state index contributed by atoms with van der Waals surface area (Å²) in [5, 5.41) is 2.81. The van der Waals surface area contributed by atoms with Gasteiger partial charge in [-0.15, -0.1) is 0 Å². The molecule has 21 heavy (non-hydrogen) atoms. The third-order valence-electron chi connectivity index (χ3n) is 2.69. The molecule has 0 aromatic heterocycles. The number of nitrogens with one attached hydrogen (secondary N) is 1. The van der Waals surface area contributed by atoms with Gasteiger partial charge < -0.3 is 10.1 Å². The molecule has 0 spiro atoms. The SMILES string of the molecule is Fc1ccc(Br)c(F)c1CNc1ccc(OC(F)F)cc1. The van der Waals surface area contributed by atoms with E-state index in [1.807, 2.05) is 0 Å². The lowest BCUT2D eigenvalue weighted by molar-refractivity contribution is -0.0498. The zero-order valence-electron chi connectivity index (χ0n) is 10.5. The van der Waals surface area contributed by atoms with E-state index >= 15 is 0 Å². The van der Waals surface area contributed by atoms with Crippen LogP contribution in [0.1, 0.15) is 5.56 Å². The number of anilines is 1. The van der Waals surface area contributed by atoms with Crippen LogP contribution in [0.5, 0.6) is 5.75 Å². The van der Waals surface area contributed by atoms with E-state index in [-0.39, 0.29) is 22.3 Å². The van der Waals surface area contributed by atoms with Gasteiger partial charge in [0.05, 0.1) is 4.47 Å². The van der Waals surface area contributed by atoms with Crippen molar-refractivity contribution in [2.75, 3.05) is 5.32 Å². The third kappa shape index (κ3) is 4.10. The average molecular weight is 364 g/mol. The normalized spacial score (nSPS) is 10.8. The van der Waals surface area contributed by atoms with Crippen molar-refractivity contribution in [3.8, 4) is 5.75 Å². The van der Waals surface area contributed by atoms with Crippen LogP contribution in [0, 0.1) is 11.6 Å². The molecule has 0 aliphatic heterocycles. The first kappa shape index (κ1) is 15.6. The van der Waals surface area contributed by atoms with E-state index in [1.54, 1.807) is 0 Å². The molecule has 7 heteroatoms. The van der Waals surface area contributed by atoms with Gasteiger partial charge in [0.15, 0.2) is 0 Å². The van der Waals surface area contributed by atoms with Gasteiger partial charge in [0.1, 0.15) is 17.4 Å². The molecule has 112 valence electrons. The molecule has 0 unspecified atom stereocenters. The second-order valence-corrected chi connectivity index (χ2v) is 4.93. The number of hydrogen-bond donors (Lipinski definition) is 1. The Morgan fingerprint density at radius 2 is 1.71 bits per heavy atom. The molecule has 1 N–H and O–H groups in total. The number of hydrogen-bond acceptors (Lipinski definition) is 2. The Morgan fingerprint density at radius 1 is 1.05 bits per heavy atom. The lowest BCUT2D eigenvalue weighted by atomic mass is 10.2. The maximum atomic E-state index is 13.7. The van der Waals surface area contributed by atoms with E-state index in [2.05, 4.69) is 26.0 Å². The summed E-state index contributed by atoms with van der Waals surface area (Å²) in [5.41, 5.74) is 0.410. The monoisotopic (exact) mass is 363 g/mol. The lowest BCUT2D eigenvalue weighted by Crippen LogP contribution is -2.05. The fourth-order valence-electron chi connectivity index (χ4n) is 1.68. The Morgan fingerprint density at radius 3 is 2.33 bits per heavy atom. The zero-order chi connectivity index (χ0) is 15.4. The molecule has 0 heterocycles. The molecule has 0 aliphatic carbocycles. The van der Waals surface area contributed by atoms with Crippen LogP contribution in [0.15, 0.2) is 40.9 Å². The van der Waals surface area contributed by atoms with E-state index in [0.29, 0.717) is 5.69 Å². The van der Waals surface area contributed by atoms with Gasteiger partial charge in [0, 0.05) is 17.8 Å². The summed E-state index contributed by atoms with van der Waals surface area (Å²) in [6.45, 7) is -2.97. The van der Waals surface area contributed by atoms with E-state index in [9.17, 15) is 17.6 Å². The summed E-state index contributed by atoms with van der Waals surface area (Å²) in [5.74, 6) is -1.34. The highest BCUT2D eigenvalue weighted by Crippen LogP contribution is 2.23. The molecule has 0 atom stereocenters. The Labute approximate surface area is 126 Å². The molecule has 2 aromatic rings. The predicted molar refractivity (Wildman–Crippen MR) is 74.5 cm³/mol. The number of alkyl halides is 2. The van der Waals surface area contributed by atoms with Crippen LogP contribution in [0.25, 0.3) is 0 Å². The van der Waals surface area contributed by atoms with E-state index in [1.165, 1.54) is 30.3 Å². The highest BCUT2D eigenvalue weighted by molar-refractivity contribution is 9.10. The molecule has 0 radical (unpaired) electrons. The molecular formula is C14H10BrF4NO. The van der Waals surface area contributed by atoms with Crippen molar-refractivity contribution in [1.82, 2.24) is 0 Å². The molecule has 0 saturated carbocycles. The van der Waals surface area contributed by atoms with Crippen LogP contribution in [0.2, 0.25) is 0 Å². The van der Waals surface area contributed by atoms with Crippen molar-refractivity contribution in [3.05, 3.63) is 58.1 Å². The van der Waals surface area contributed by atoms with Crippen LogP contribution in [-0.2, 0) is 6.54 Å². The standard InChI is InChI=1S/C14H10BrF4NO/c15-11-5-6-12(16)10(13(11)17)7-20-8-1-3-9(4-2-8)21-14(18)19/h1-6,14,20H,7H2. The van der Waals surface area contributed by atoms with Gasteiger partial charge in [-0.05, 0) is 52.3 Å². The fraction of sp³-hybridized carbons (Fsp3) is 0.143. The molecule has 2 nitrogen and oxygen atoms in total. The fourth-order valence-corrected chi connectivity index (χ4v) is 2.05. The summed E-state index contributed by atoms with van der Waals surface area (Å²) in [4.78, 5) is 0. The van der Waals surface area contributed by atoms with Gasteiger partial charge in [-0.3, -0.25) is 0 Å². The van der Waals surface area contributed by atoms with Crippen LogP contribution >= 0.6 is 15.9 Å². The van der Waals surface area contributed by atoms with Crippen molar-refractivity contribution in [2.24, 2.45) is 0 Å². The summed E-state index contributed by atoms with van der Waals surface area (Å²) >= 11 is 2.98. The quantitative estimate of drug-likeness (QED) is 0.599. The van der Waals surface area contributed by atoms with Crippen LogP contribution in [-0.4, -0.2) is 6.61 Å². The van der Waals surface area contributed by atoms with E-state index in [4.69, 9.17) is 0 Å². The summed E-state index contributed by atoms with van der Waals surface area (Å²) in [7, 11) is 0. The largest absolute Gasteiger partial charge is 0.435 e. The second kappa shape index (κ2) is 6.80. The molecular weight excluding hydrogens is 354 g/mol. The van der Waals surface area contributed by atoms with E-state index in [0.717, 1.165) is 6.07 Å². The first-order chi connectivity index (χ1) is 9.97. The Kier molecular flexibility index (Phi) is 5.06. The minimum Gasteiger partial charge on any atom is -0.435 e. The van der Waals surface area contributed by atoms with Gasteiger partial charge in [-0.25, -0.2) is 8.78 Å². The maximum Gasteiger partial charge on any atom is 0.387 e. The van der Waals surface area contributed by atoms with Gasteiger partial charge in [-0.1, -0.05) is 0 Å². The first-order valence-electron chi connectivity index (χ1n) is 5.88. The highest BCUT2D eigenvalue weighted by atomic mass is 79.9. The number of benzene rings is 2. The van der Waals surface area contributed by atoms with Crippen LogP contribution in [0.3, 0.4) is 0 Å². The summed E-state index contributed by atoms with van der Waals surface area (Å²) in [6.07, 6.45) is 0. The highest BCUT2D eigenvalue weighted by Gasteiger charge is 2.12. The molecule has 0 amide bonds. The summed E-state index contributed by atoms with van der Waals surface area (Å²) in [6, 6.07) is 8.07. The van der Waals surface area contributed by atoms with Gasteiger partial charge in [0.25, 0.3) is 0 Å². The van der Waals surface area contributed by atoms with Crippen molar-refractivity contribution in [1.29, 1.82) is 0 Å². The Hall–Kier alpha value is -1.76. The van der Waals surface area contributed by atoms with Gasteiger partial charge in [-0.2, -0.15) is 8.78 Å². The second-order valence-electron chi connectivity index (χ2n) is 4.08. The summed E-state index contributed by atoms with van der Waals surface area (Å²) < 4.78 is 55.6. The first-order valence-corrected chi connectivity index (χ1v) is 6.68. The molecule has 0 aliphatic rings. The molecule has 2 rings (SSSR count). The minimum atomic E-state index is -2.89. The zero-order valence-corrected chi connectivity index (χ0v) is 12.1. The number of rotatable bonds is 5. The number of ether oxygens (including phenoxy) is 1. The molecule has 0 fully saturated rings. The lowest BCUT2D eigenvalue weighted by Gasteiger charge is -2.10. The molecule has 0 saturated heterocycles. The van der Waals surface area contributed by atoms with Crippen molar-refractivity contribution >= 4 is 21.6 Å². The van der Waals surface area contributed by atoms with Crippen molar-refractivity contribution < 1.29 is 22.3 Å².